The van der Waals surface area contributed by atoms with Gasteiger partial charge in [-0.1, -0.05) is 0 Å². The fraction of sp³-hybridized carbons (Fsp3) is 0. The van der Waals surface area contributed by atoms with Gasteiger partial charge in [0.05, 0.1) is 0 Å². The van der Waals surface area contributed by atoms with Crippen molar-refractivity contribution in [3.63, 3.8) is 0 Å². The van der Waals surface area contributed by atoms with Crippen LogP contribution in [-0.2, 0) is 5.15 Å². The van der Waals surface area contributed by atoms with Gasteiger partial charge < -0.3 is 0 Å². The monoisotopic (exact) mass is 129 g/mol. The van der Waals surface area contributed by atoms with E-state index in [1.165, 1.54) is 5.15 Å². The van der Waals surface area contributed by atoms with Gasteiger partial charge in [0, 0.05) is 23.1 Å². The van der Waals surface area contributed by atoms with E-state index in [-0.39, 0.29) is 18.0 Å². The summed E-state index contributed by atoms with van der Waals surface area (Å²) in [6, 6.07) is 0. The molecule has 0 aliphatic carbocycles. The Labute approximate surface area is 33.1 Å². The minimum absolute atomic E-state index is 0. The Morgan fingerprint density at radius 3 is 1.25 bits per heavy atom. The molecule has 0 aliphatic heterocycles. The molecule has 0 bridgehead atoms. The van der Waals surface area contributed by atoms with Crippen LogP contribution in [0.1, 0.15) is 0 Å². The first-order valence-electron chi connectivity index (χ1n) is 0.309. The molecule has 0 unspecified atom stereocenters. The molecule has 0 N–H and O–H groups in total. The van der Waals surface area contributed by atoms with E-state index in [2.05, 4.69) is 0 Å². The van der Waals surface area contributed by atoms with Crippen LogP contribution in [0.2, 0.25) is 0 Å². The molecular formula is AsF2O. The van der Waals surface area contributed by atoms with Crippen molar-refractivity contribution in [2.75, 3.05) is 0 Å². The molecule has 0 atom stereocenters. The van der Waals surface area contributed by atoms with Crippen LogP contribution in [0.5, 0.6) is 0 Å². The van der Waals surface area contributed by atoms with Gasteiger partial charge in [-0.05, 0) is 9.05 Å². The predicted molar refractivity (Wildman–Crippen MR) is 9.05 cm³/mol. The average molecular weight is 129 g/mol. The Kier molecular flexibility index (Phi) is 22.2. The first-order chi connectivity index (χ1) is 1.41. The molecule has 1 nitrogen and oxygen atoms in total. The summed E-state index contributed by atoms with van der Waals surface area (Å²) in [7, 11) is 0. The third-order valence-electron chi connectivity index (χ3n) is 0. The first-order valence-corrected chi connectivity index (χ1v) is 0.309. The van der Waals surface area contributed by atoms with Gasteiger partial charge in [-0.3, -0.25) is 0 Å². The van der Waals surface area contributed by atoms with Crippen molar-refractivity contribution in [2.24, 2.45) is 0 Å². The molecule has 4 heteroatoms. The van der Waals surface area contributed by atoms with Gasteiger partial charge in [-0.15, -0.1) is 0 Å². The van der Waals surface area contributed by atoms with Crippen LogP contribution in [-0.4, -0.2) is 18.0 Å². The van der Waals surface area contributed by atoms with Crippen molar-refractivity contribution >= 4 is 18.0 Å². The zero-order valence-corrected chi connectivity index (χ0v) is 3.49. The SMILES string of the molecule is FOF.[As]. The average Bonchev–Trinajstić information content (AvgIpc) is 0.918. The molecular weight excluding hydrogens is 129 g/mol. The Morgan fingerprint density at radius 1 is 1.25 bits per heavy atom. The van der Waals surface area contributed by atoms with Crippen LogP contribution in [0.4, 0.5) is 9.05 Å². The van der Waals surface area contributed by atoms with Crippen molar-refractivity contribution < 1.29 is 14.2 Å². The molecule has 3 radical (unpaired) electrons. The molecule has 0 saturated carbocycles. The molecule has 0 heterocycles. The van der Waals surface area contributed by atoms with E-state index in [0.29, 0.717) is 0 Å². The molecule has 0 aromatic heterocycles. The van der Waals surface area contributed by atoms with Crippen LogP contribution in [0.25, 0.3) is 0 Å². The molecule has 4 heavy (non-hydrogen) atoms. The van der Waals surface area contributed by atoms with Gasteiger partial charge in [0.2, 0.25) is 0 Å². The predicted octanol–water partition coefficient (Wildman–Crippen LogP) is 0.391. The largest absolute Gasteiger partial charge is 0.0209 e. The van der Waals surface area contributed by atoms with Crippen LogP contribution in [0.15, 0.2) is 0 Å². The van der Waals surface area contributed by atoms with Gasteiger partial charge >= 0.3 is 0 Å². The van der Waals surface area contributed by atoms with Gasteiger partial charge in [0.1, 0.15) is 0 Å². The summed E-state index contributed by atoms with van der Waals surface area (Å²) in [6.45, 7) is 0. The molecule has 0 aromatic carbocycles. The van der Waals surface area contributed by atoms with Gasteiger partial charge in [0.25, 0.3) is 0 Å². The van der Waals surface area contributed by atoms with Crippen LogP contribution >= 0.6 is 0 Å². The van der Waals surface area contributed by atoms with Gasteiger partial charge in [0.15, 0.2) is 0 Å². The van der Waals surface area contributed by atoms with Crippen LogP contribution < -0.4 is 0 Å². The summed E-state index contributed by atoms with van der Waals surface area (Å²) in [5, 5.41) is 1.25. The zero-order chi connectivity index (χ0) is 2.71. The topological polar surface area (TPSA) is 9.23 Å². The molecule has 25 valence electrons. The number of hydrogen-bond donors (Lipinski definition) is 0. The van der Waals surface area contributed by atoms with Crippen LogP contribution in [0.3, 0.4) is 0 Å². The second-order valence-corrected chi connectivity index (χ2v) is 0.0583. The number of rotatable bonds is 0. The fourth-order valence-corrected chi connectivity index (χ4v) is 0. The van der Waals surface area contributed by atoms with Crippen LogP contribution in [0, 0.1) is 0 Å². The van der Waals surface area contributed by atoms with Crippen molar-refractivity contribution in [3.05, 3.63) is 0 Å². The van der Waals surface area contributed by atoms with Gasteiger partial charge in [-0.2, -0.15) is 0 Å². The Bertz CT molecular complexity index is 6.00. The van der Waals surface area contributed by atoms with Gasteiger partial charge in [-0.25, -0.2) is 0 Å². The van der Waals surface area contributed by atoms with Crippen molar-refractivity contribution in [1.29, 1.82) is 0 Å². The number of halogens is 2. The maximum Gasteiger partial charge on any atom is 0.0209 e. The number of hydrogen-bond acceptors (Lipinski definition) is 1. The van der Waals surface area contributed by atoms with Crippen molar-refractivity contribution in [2.45, 2.75) is 0 Å². The maximum absolute atomic E-state index is 9.12. The summed E-state index contributed by atoms with van der Waals surface area (Å²) in [5.41, 5.74) is 0. The van der Waals surface area contributed by atoms with Crippen molar-refractivity contribution in [3.8, 4) is 0 Å². The quantitative estimate of drug-likeness (QED) is 0.430. The third-order valence-corrected chi connectivity index (χ3v) is 0. The molecule has 0 aliphatic rings. The normalized spacial score (nSPS) is 4.50. The minimum Gasteiger partial charge on any atom is -0.0104 e. The van der Waals surface area contributed by atoms with E-state index in [0.717, 1.165) is 0 Å². The Morgan fingerprint density at radius 2 is 1.25 bits per heavy atom. The summed E-state index contributed by atoms with van der Waals surface area (Å²) >= 11 is 0. The Balaban J connectivity index is 0. The van der Waals surface area contributed by atoms with E-state index < -0.39 is 0 Å². The van der Waals surface area contributed by atoms with E-state index in [1.54, 1.807) is 0 Å². The summed E-state index contributed by atoms with van der Waals surface area (Å²) in [4.78, 5) is 0. The van der Waals surface area contributed by atoms with E-state index in [4.69, 9.17) is 9.05 Å². The molecule has 0 aromatic rings. The van der Waals surface area contributed by atoms with E-state index in [1.807, 2.05) is 0 Å². The summed E-state index contributed by atoms with van der Waals surface area (Å²) in [5.74, 6) is 0. The molecule has 0 spiro atoms. The smallest absolute Gasteiger partial charge is 0.0104 e. The maximum atomic E-state index is 9.12. The molecule has 0 amide bonds. The minimum atomic E-state index is 0. The molecule has 0 saturated heterocycles. The summed E-state index contributed by atoms with van der Waals surface area (Å²) in [6.07, 6.45) is 0. The van der Waals surface area contributed by atoms with Crippen molar-refractivity contribution in [1.82, 2.24) is 0 Å². The molecule has 0 rings (SSSR count). The summed E-state index contributed by atoms with van der Waals surface area (Å²) < 4.78 is 18.2. The molecule has 0 fully saturated rings. The fourth-order valence-electron chi connectivity index (χ4n) is 0. The standard InChI is InChI=1S/As.F2O/c;1-3-2. The van der Waals surface area contributed by atoms with E-state index in [9.17, 15) is 0 Å². The third kappa shape index (κ3) is 31.6. The second kappa shape index (κ2) is 10.1. The first kappa shape index (κ1) is 8.83. The zero-order valence-electron chi connectivity index (χ0n) is 1.61. The van der Waals surface area contributed by atoms with E-state index >= 15 is 0 Å². The Hall–Kier alpha value is 0.378. The second-order valence-electron chi connectivity index (χ2n) is 0.0583.